The summed E-state index contributed by atoms with van der Waals surface area (Å²) in [5.41, 5.74) is 1.22. The molecule has 1 N–H and O–H groups in total. The van der Waals surface area contributed by atoms with Crippen LogP contribution in [0.5, 0.6) is 0 Å². The second-order valence-electron chi connectivity index (χ2n) is 4.92. The van der Waals surface area contributed by atoms with E-state index in [0.717, 1.165) is 18.7 Å². The minimum absolute atomic E-state index is 0.222. The SMILES string of the molecule is O=C(O)C1CCc2cnc(C3CCC3)n2C1. The Balaban J connectivity index is 1.88. The number of rotatable bonds is 2. The van der Waals surface area contributed by atoms with Crippen molar-refractivity contribution in [2.75, 3.05) is 0 Å². The van der Waals surface area contributed by atoms with Crippen LogP contribution in [0.3, 0.4) is 0 Å². The van der Waals surface area contributed by atoms with E-state index in [9.17, 15) is 4.79 Å². The molecular formula is C12H16N2O2. The van der Waals surface area contributed by atoms with Crippen LogP contribution in [-0.2, 0) is 17.8 Å². The van der Waals surface area contributed by atoms with E-state index in [2.05, 4.69) is 9.55 Å². The minimum atomic E-state index is -0.668. The Morgan fingerprint density at radius 3 is 2.88 bits per heavy atom. The Bertz CT molecular complexity index is 421. The molecule has 2 aliphatic rings. The molecule has 3 rings (SSSR count). The van der Waals surface area contributed by atoms with E-state index < -0.39 is 5.97 Å². The molecular weight excluding hydrogens is 204 g/mol. The molecule has 1 aliphatic carbocycles. The molecule has 1 atom stereocenters. The monoisotopic (exact) mass is 220 g/mol. The predicted octanol–water partition coefficient (Wildman–Crippen LogP) is 1.80. The Morgan fingerprint density at radius 1 is 1.44 bits per heavy atom. The number of carbonyl (C=O) groups is 1. The van der Waals surface area contributed by atoms with Gasteiger partial charge in [0.2, 0.25) is 0 Å². The number of nitrogens with zero attached hydrogens (tertiary/aromatic N) is 2. The van der Waals surface area contributed by atoms with Crippen molar-refractivity contribution in [1.82, 2.24) is 9.55 Å². The maximum Gasteiger partial charge on any atom is 0.308 e. The molecule has 0 radical (unpaired) electrons. The number of hydrogen-bond donors (Lipinski definition) is 1. The molecule has 0 spiro atoms. The molecule has 16 heavy (non-hydrogen) atoms. The van der Waals surface area contributed by atoms with E-state index in [1.54, 1.807) is 0 Å². The maximum atomic E-state index is 11.0. The third-order valence-electron chi connectivity index (χ3n) is 3.94. The van der Waals surface area contributed by atoms with E-state index in [-0.39, 0.29) is 5.92 Å². The summed E-state index contributed by atoms with van der Waals surface area (Å²) >= 11 is 0. The standard InChI is InChI=1S/C12H16N2O2/c15-12(16)9-4-5-10-6-13-11(14(10)7-9)8-2-1-3-8/h6,8-9H,1-5,7H2,(H,15,16). The van der Waals surface area contributed by atoms with E-state index >= 15 is 0 Å². The van der Waals surface area contributed by atoms with Crippen molar-refractivity contribution in [2.45, 2.75) is 44.6 Å². The number of hydrogen-bond acceptors (Lipinski definition) is 2. The predicted molar refractivity (Wildman–Crippen MR) is 58.3 cm³/mol. The van der Waals surface area contributed by atoms with Gasteiger partial charge in [0.25, 0.3) is 0 Å². The normalized spacial score (nSPS) is 24.9. The molecule has 1 aromatic rings. The van der Waals surface area contributed by atoms with E-state index in [1.807, 2.05) is 6.20 Å². The molecule has 2 heterocycles. The summed E-state index contributed by atoms with van der Waals surface area (Å²) in [6, 6.07) is 0. The van der Waals surface area contributed by atoms with Crippen molar-refractivity contribution < 1.29 is 9.90 Å². The highest BCUT2D eigenvalue weighted by atomic mass is 16.4. The van der Waals surface area contributed by atoms with Crippen LogP contribution in [0.4, 0.5) is 0 Å². The summed E-state index contributed by atoms with van der Waals surface area (Å²) < 4.78 is 2.16. The molecule has 1 saturated carbocycles. The minimum Gasteiger partial charge on any atom is -0.481 e. The Morgan fingerprint density at radius 2 is 2.25 bits per heavy atom. The molecule has 0 aromatic carbocycles. The lowest BCUT2D eigenvalue weighted by atomic mass is 9.84. The first-order valence-electron chi connectivity index (χ1n) is 6.03. The average molecular weight is 220 g/mol. The first-order chi connectivity index (χ1) is 7.75. The summed E-state index contributed by atoms with van der Waals surface area (Å²) in [6.07, 6.45) is 7.27. The molecule has 1 aliphatic heterocycles. The van der Waals surface area contributed by atoms with Crippen LogP contribution in [0.15, 0.2) is 6.20 Å². The number of aliphatic carboxylic acids is 1. The Kier molecular flexibility index (Phi) is 2.23. The number of carboxylic acids is 1. The van der Waals surface area contributed by atoms with Crippen LogP contribution >= 0.6 is 0 Å². The number of carboxylic acid groups (broad SMARTS) is 1. The third kappa shape index (κ3) is 1.44. The van der Waals surface area contributed by atoms with Gasteiger partial charge in [-0.1, -0.05) is 6.42 Å². The smallest absolute Gasteiger partial charge is 0.308 e. The fraction of sp³-hybridized carbons (Fsp3) is 0.667. The zero-order valence-corrected chi connectivity index (χ0v) is 9.22. The van der Waals surface area contributed by atoms with Crippen molar-refractivity contribution in [3.63, 3.8) is 0 Å². The Hall–Kier alpha value is -1.32. The van der Waals surface area contributed by atoms with Gasteiger partial charge in [-0.3, -0.25) is 4.79 Å². The topological polar surface area (TPSA) is 55.1 Å². The molecule has 0 amide bonds. The van der Waals surface area contributed by atoms with Gasteiger partial charge in [0.1, 0.15) is 5.82 Å². The highest BCUT2D eigenvalue weighted by Gasteiger charge is 2.30. The largest absolute Gasteiger partial charge is 0.481 e. The molecule has 4 nitrogen and oxygen atoms in total. The van der Waals surface area contributed by atoms with Crippen molar-refractivity contribution in [3.8, 4) is 0 Å². The summed E-state index contributed by atoms with van der Waals surface area (Å²) in [5.74, 6) is 0.827. The first kappa shape index (κ1) is 9.87. The third-order valence-corrected chi connectivity index (χ3v) is 3.94. The Labute approximate surface area is 94.3 Å². The van der Waals surface area contributed by atoms with Crippen LogP contribution in [0.2, 0.25) is 0 Å². The van der Waals surface area contributed by atoms with Gasteiger partial charge in [0.15, 0.2) is 0 Å². The second-order valence-corrected chi connectivity index (χ2v) is 4.92. The summed E-state index contributed by atoms with van der Waals surface area (Å²) in [6.45, 7) is 0.622. The van der Waals surface area contributed by atoms with Crippen LogP contribution < -0.4 is 0 Å². The van der Waals surface area contributed by atoms with Gasteiger partial charge >= 0.3 is 5.97 Å². The molecule has 0 bridgehead atoms. The fourth-order valence-corrected chi connectivity index (χ4v) is 2.67. The molecule has 86 valence electrons. The maximum absolute atomic E-state index is 11.0. The van der Waals surface area contributed by atoms with Crippen molar-refractivity contribution in [1.29, 1.82) is 0 Å². The lowest BCUT2D eigenvalue weighted by Gasteiger charge is -2.29. The summed E-state index contributed by atoms with van der Waals surface area (Å²) in [7, 11) is 0. The average Bonchev–Trinajstić information content (AvgIpc) is 2.59. The fourth-order valence-electron chi connectivity index (χ4n) is 2.67. The van der Waals surface area contributed by atoms with Crippen LogP contribution in [0.25, 0.3) is 0 Å². The van der Waals surface area contributed by atoms with Crippen LogP contribution in [-0.4, -0.2) is 20.6 Å². The quantitative estimate of drug-likeness (QED) is 0.826. The van der Waals surface area contributed by atoms with Crippen molar-refractivity contribution in [2.24, 2.45) is 5.92 Å². The summed E-state index contributed by atoms with van der Waals surface area (Å²) in [5, 5.41) is 9.07. The zero-order chi connectivity index (χ0) is 11.1. The molecule has 1 aromatic heterocycles. The first-order valence-corrected chi connectivity index (χ1v) is 6.03. The van der Waals surface area contributed by atoms with E-state index in [0.29, 0.717) is 12.5 Å². The molecule has 1 unspecified atom stereocenters. The second kappa shape index (κ2) is 3.61. The molecule has 4 heteroatoms. The molecule has 1 fully saturated rings. The van der Waals surface area contributed by atoms with E-state index in [1.165, 1.54) is 25.0 Å². The zero-order valence-electron chi connectivity index (χ0n) is 9.22. The van der Waals surface area contributed by atoms with Gasteiger partial charge in [-0.15, -0.1) is 0 Å². The van der Waals surface area contributed by atoms with Crippen LogP contribution in [0, 0.1) is 5.92 Å². The van der Waals surface area contributed by atoms with Crippen LogP contribution in [0.1, 0.15) is 43.1 Å². The number of aryl methyl sites for hydroxylation is 1. The number of aromatic nitrogens is 2. The van der Waals surface area contributed by atoms with Crippen molar-refractivity contribution in [3.05, 3.63) is 17.7 Å². The number of imidazole rings is 1. The molecule has 0 saturated heterocycles. The van der Waals surface area contributed by atoms with Gasteiger partial charge in [-0.05, 0) is 25.7 Å². The van der Waals surface area contributed by atoms with Gasteiger partial charge in [-0.25, -0.2) is 4.98 Å². The lowest BCUT2D eigenvalue weighted by molar-refractivity contribution is -0.142. The van der Waals surface area contributed by atoms with Gasteiger partial charge < -0.3 is 9.67 Å². The van der Waals surface area contributed by atoms with Gasteiger partial charge in [-0.2, -0.15) is 0 Å². The highest BCUT2D eigenvalue weighted by molar-refractivity contribution is 5.70. The van der Waals surface area contributed by atoms with Gasteiger partial charge in [0.05, 0.1) is 5.92 Å². The highest BCUT2D eigenvalue weighted by Crippen LogP contribution is 2.37. The van der Waals surface area contributed by atoms with Gasteiger partial charge in [0, 0.05) is 24.4 Å². The van der Waals surface area contributed by atoms with E-state index in [4.69, 9.17) is 5.11 Å². The summed E-state index contributed by atoms with van der Waals surface area (Å²) in [4.78, 5) is 15.5. The lowest BCUT2D eigenvalue weighted by Crippen LogP contribution is -2.28. The van der Waals surface area contributed by atoms with Crippen molar-refractivity contribution >= 4 is 5.97 Å². The number of fused-ring (bicyclic) bond motifs is 1.